The van der Waals surface area contributed by atoms with Crippen LogP contribution in [0.2, 0.25) is 0 Å². The first-order valence-corrected chi connectivity index (χ1v) is 12.7. The number of para-hydroxylation sites is 1. The van der Waals surface area contributed by atoms with Crippen molar-refractivity contribution in [3.8, 4) is 5.75 Å². The van der Waals surface area contributed by atoms with Gasteiger partial charge in [-0.3, -0.25) is 9.30 Å². The number of nitrogen functional groups attached to an aromatic ring is 1. The largest absolute Gasteiger partial charge is 0.497 e. The summed E-state index contributed by atoms with van der Waals surface area (Å²) in [7, 11) is 3.54. The first kappa shape index (κ1) is 25.6. The van der Waals surface area contributed by atoms with Crippen molar-refractivity contribution >= 4 is 28.2 Å². The summed E-state index contributed by atoms with van der Waals surface area (Å²) in [5, 5.41) is 3.97. The predicted octanol–water partition coefficient (Wildman–Crippen LogP) is 2.48. The van der Waals surface area contributed by atoms with E-state index in [1.54, 1.807) is 23.6 Å². The third-order valence-electron chi connectivity index (χ3n) is 6.81. The number of ether oxygens (including phenoxy) is 1. The number of imidazole rings is 1. The van der Waals surface area contributed by atoms with Crippen LogP contribution in [-0.4, -0.2) is 66.1 Å². The monoisotopic (exact) mass is 519 g/mol. The number of fused-ring (bicyclic) bond motifs is 3. The van der Waals surface area contributed by atoms with Crippen molar-refractivity contribution in [2.24, 2.45) is 0 Å². The van der Waals surface area contributed by atoms with Gasteiger partial charge in [-0.05, 0) is 36.4 Å². The summed E-state index contributed by atoms with van der Waals surface area (Å²) in [6.07, 6.45) is 4.66. The number of hydrogen-bond donors (Lipinski definition) is 4. The Kier molecular flexibility index (Phi) is 7.75. The summed E-state index contributed by atoms with van der Waals surface area (Å²) in [5.41, 5.74) is 16.2. The molecule has 1 aliphatic heterocycles. The zero-order valence-electron chi connectivity index (χ0n) is 21.7. The van der Waals surface area contributed by atoms with Crippen molar-refractivity contribution in [2.75, 3.05) is 57.5 Å². The van der Waals surface area contributed by atoms with Gasteiger partial charge in [0.25, 0.3) is 0 Å². The number of nitrogens with zero attached hydrogens (tertiary/aromatic N) is 5. The number of aromatic nitrogens is 3. The number of hydrogen-bond acceptors (Lipinski definition) is 9. The third kappa shape index (κ3) is 5.58. The molecule has 2 aromatic carbocycles. The summed E-state index contributed by atoms with van der Waals surface area (Å²) in [6.45, 7) is 5.45. The minimum Gasteiger partial charge on any atom is -0.497 e. The highest BCUT2D eigenvalue weighted by molar-refractivity contribution is 5.92. The van der Waals surface area contributed by atoms with E-state index < -0.39 is 5.82 Å². The smallest absolute Gasteiger partial charge is 0.206 e. The first-order chi connectivity index (χ1) is 18.6. The Balaban J connectivity index is 1.16. The number of methoxy groups -OCH3 is 1. The minimum absolute atomic E-state index is 0.205. The SMILES string of the molecule is CNN/C(=C\NCc1cn2c(N)nc3c(F)cccc3c2n1)CCN1CCN(c2ccc(OC)cc2)CC1. The Morgan fingerprint density at radius 2 is 1.89 bits per heavy atom. The summed E-state index contributed by atoms with van der Waals surface area (Å²) in [5.74, 6) is 0.673. The fourth-order valence-electron chi connectivity index (χ4n) is 4.77. The number of nitrogens with one attached hydrogen (secondary N) is 3. The number of rotatable bonds is 10. The van der Waals surface area contributed by atoms with Gasteiger partial charge in [0.2, 0.25) is 5.95 Å². The molecule has 4 aromatic rings. The Labute approximate surface area is 221 Å². The van der Waals surface area contributed by atoms with Crippen molar-refractivity contribution in [3.05, 3.63) is 72.1 Å². The standard InChI is InChI=1S/C27H34FN9O/c1-30-34-19(10-11-35-12-14-36(15-13-35)21-6-8-22(38-2)9-7-21)16-31-17-20-18-37-26(32-20)23-4-3-5-24(28)25(23)33-27(37)29/h3-9,16,18,30-31,34H,10-15,17H2,1-2H3,(H2,29,33)/b19-16-. The number of anilines is 2. The van der Waals surface area contributed by atoms with E-state index in [-0.39, 0.29) is 11.5 Å². The molecule has 0 saturated carbocycles. The van der Waals surface area contributed by atoms with Gasteiger partial charge in [-0.2, -0.15) is 0 Å². The second-order valence-corrected chi connectivity index (χ2v) is 9.23. The van der Waals surface area contributed by atoms with Crippen LogP contribution in [0.25, 0.3) is 16.6 Å². The second-order valence-electron chi connectivity index (χ2n) is 9.23. The van der Waals surface area contributed by atoms with E-state index in [1.807, 2.05) is 31.6 Å². The topological polar surface area (TPSA) is 108 Å². The van der Waals surface area contributed by atoms with E-state index in [2.05, 4.69) is 48.1 Å². The molecule has 1 aliphatic rings. The Hall–Kier alpha value is -4.09. The Morgan fingerprint density at radius 1 is 1.11 bits per heavy atom. The highest BCUT2D eigenvalue weighted by Crippen LogP contribution is 2.23. The minimum atomic E-state index is -0.410. The average Bonchev–Trinajstić information content (AvgIpc) is 3.38. The predicted molar refractivity (Wildman–Crippen MR) is 148 cm³/mol. The Bertz CT molecular complexity index is 1410. The molecule has 3 heterocycles. The summed E-state index contributed by atoms with van der Waals surface area (Å²) >= 11 is 0. The fourth-order valence-corrected chi connectivity index (χ4v) is 4.77. The lowest BCUT2D eigenvalue weighted by molar-refractivity contribution is 0.258. The van der Waals surface area contributed by atoms with E-state index in [0.717, 1.165) is 56.3 Å². The van der Waals surface area contributed by atoms with Gasteiger partial charge in [0.15, 0.2) is 0 Å². The zero-order chi connectivity index (χ0) is 26.5. The molecule has 0 amide bonds. The van der Waals surface area contributed by atoms with Gasteiger partial charge in [-0.25, -0.2) is 19.8 Å². The summed E-state index contributed by atoms with van der Waals surface area (Å²) < 4.78 is 21.2. The molecule has 0 aliphatic carbocycles. The summed E-state index contributed by atoms with van der Waals surface area (Å²) in [6, 6.07) is 13.1. The van der Waals surface area contributed by atoms with Crippen LogP contribution in [0.5, 0.6) is 5.75 Å². The highest BCUT2D eigenvalue weighted by atomic mass is 19.1. The number of hydrazine groups is 1. The number of nitrogens with two attached hydrogens (primary N) is 1. The molecule has 1 saturated heterocycles. The summed E-state index contributed by atoms with van der Waals surface area (Å²) in [4.78, 5) is 13.8. The molecular formula is C27H34FN9O. The lowest BCUT2D eigenvalue weighted by atomic mass is 10.2. The van der Waals surface area contributed by atoms with Crippen LogP contribution in [0.1, 0.15) is 12.1 Å². The van der Waals surface area contributed by atoms with Crippen LogP contribution in [-0.2, 0) is 6.54 Å². The first-order valence-electron chi connectivity index (χ1n) is 12.7. The normalized spacial score (nSPS) is 14.8. The number of halogens is 1. The molecule has 0 atom stereocenters. The highest BCUT2D eigenvalue weighted by Gasteiger charge is 2.17. The lowest BCUT2D eigenvalue weighted by Crippen LogP contribution is -2.47. The van der Waals surface area contributed by atoms with Crippen LogP contribution in [0.4, 0.5) is 16.0 Å². The van der Waals surface area contributed by atoms with Crippen molar-refractivity contribution in [1.82, 2.24) is 35.4 Å². The lowest BCUT2D eigenvalue weighted by Gasteiger charge is -2.36. The molecule has 200 valence electrons. The molecule has 5 rings (SSSR count). The zero-order valence-corrected chi connectivity index (χ0v) is 21.7. The molecule has 2 aromatic heterocycles. The van der Waals surface area contributed by atoms with E-state index in [4.69, 9.17) is 10.5 Å². The average molecular weight is 520 g/mol. The molecule has 0 bridgehead atoms. The van der Waals surface area contributed by atoms with Crippen LogP contribution >= 0.6 is 0 Å². The maximum absolute atomic E-state index is 14.2. The molecule has 11 heteroatoms. The Morgan fingerprint density at radius 3 is 2.63 bits per heavy atom. The van der Waals surface area contributed by atoms with Crippen LogP contribution in [0.3, 0.4) is 0 Å². The molecule has 38 heavy (non-hydrogen) atoms. The van der Waals surface area contributed by atoms with Crippen LogP contribution in [0, 0.1) is 5.82 Å². The maximum atomic E-state index is 14.2. The van der Waals surface area contributed by atoms with Gasteiger partial charge in [-0.1, -0.05) is 6.07 Å². The van der Waals surface area contributed by atoms with Crippen LogP contribution in [0.15, 0.2) is 60.6 Å². The van der Waals surface area contributed by atoms with Gasteiger partial charge < -0.3 is 26.1 Å². The molecule has 0 radical (unpaired) electrons. The van der Waals surface area contributed by atoms with Gasteiger partial charge in [0.05, 0.1) is 19.3 Å². The quantitative estimate of drug-likeness (QED) is 0.235. The molecule has 0 spiro atoms. The van der Waals surface area contributed by atoms with Gasteiger partial charge in [-0.15, -0.1) is 0 Å². The van der Waals surface area contributed by atoms with Gasteiger partial charge in [0.1, 0.15) is 22.7 Å². The number of piperazine rings is 1. The van der Waals surface area contributed by atoms with E-state index >= 15 is 0 Å². The molecular weight excluding hydrogens is 485 g/mol. The molecule has 1 fully saturated rings. The molecule has 0 unspecified atom stereocenters. The van der Waals surface area contributed by atoms with Gasteiger partial charge in [0, 0.05) is 75.4 Å². The van der Waals surface area contributed by atoms with Gasteiger partial charge >= 0.3 is 0 Å². The van der Waals surface area contributed by atoms with Crippen molar-refractivity contribution in [2.45, 2.75) is 13.0 Å². The van der Waals surface area contributed by atoms with E-state index in [9.17, 15) is 4.39 Å². The second kappa shape index (κ2) is 11.5. The van der Waals surface area contributed by atoms with E-state index in [1.165, 1.54) is 11.8 Å². The van der Waals surface area contributed by atoms with Crippen molar-refractivity contribution in [3.63, 3.8) is 0 Å². The van der Waals surface area contributed by atoms with Crippen LogP contribution < -0.4 is 31.5 Å². The maximum Gasteiger partial charge on any atom is 0.206 e. The van der Waals surface area contributed by atoms with E-state index in [0.29, 0.717) is 17.6 Å². The number of benzene rings is 2. The molecule has 10 nitrogen and oxygen atoms in total. The fraction of sp³-hybridized carbons (Fsp3) is 0.333. The van der Waals surface area contributed by atoms with Crippen molar-refractivity contribution < 1.29 is 9.13 Å². The molecule has 5 N–H and O–H groups in total. The third-order valence-corrected chi connectivity index (χ3v) is 6.81. The van der Waals surface area contributed by atoms with Crippen molar-refractivity contribution in [1.29, 1.82) is 0 Å².